The lowest BCUT2D eigenvalue weighted by atomic mass is 10.1. The van der Waals surface area contributed by atoms with E-state index in [-0.39, 0.29) is 0 Å². The lowest BCUT2D eigenvalue weighted by Gasteiger charge is -2.16. The summed E-state index contributed by atoms with van der Waals surface area (Å²) < 4.78 is 0. The predicted molar refractivity (Wildman–Crippen MR) is 103 cm³/mol. The molecule has 3 aromatic rings. The molecule has 0 saturated carbocycles. The fraction of sp³-hybridized carbons (Fsp3) is 0.0909. The van der Waals surface area contributed by atoms with Gasteiger partial charge in [0.25, 0.3) is 0 Å². The van der Waals surface area contributed by atoms with E-state index in [4.69, 9.17) is 0 Å². The summed E-state index contributed by atoms with van der Waals surface area (Å²) in [7, 11) is -1.35. The zero-order valence-electron chi connectivity index (χ0n) is 13.4. The van der Waals surface area contributed by atoms with Gasteiger partial charge in [-0.25, -0.2) is 0 Å². The molecule has 0 nitrogen and oxygen atoms in total. The number of hydrogen-bond donors (Lipinski definition) is 0. The normalized spacial score (nSPS) is 13.3. The summed E-state index contributed by atoms with van der Waals surface area (Å²) in [5, 5.41) is 4.71. The maximum Gasteiger partial charge on any atom is 0.134 e. The Balaban J connectivity index is 1.93. The molecule has 1 heterocycles. The minimum atomic E-state index is -1.35. The lowest BCUT2D eigenvalue weighted by molar-refractivity contribution is 1.28. The standard InChI is InChI=1S/C22H20Si/c1-2-3-10-17-11-4-7-14-20(17)23-21-15-8-5-12-18(21)19-13-6-9-16-22(19)23/h2-9,11-16,23H,10H2,1H3/b3-2-. The van der Waals surface area contributed by atoms with E-state index in [2.05, 4.69) is 91.9 Å². The molecule has 0 atom stereocenters. The van der Waals surface area contributed by atoms with Gasteiger partial charge in [0.15, 0.2) is 0 Å². The average molecular weight is 312 g/mol. The summed E-state index contributed by atoms with van der Waals surface area (Å²) in [6, 6.07) is 27.0. The second kappa shape index (κ2) is 6.02. The topological polar surface area (TPSA) is 0 Å². The van der Waals surface area contributed by atoms with Crippen LogP contribution in [0.4, 0.5) is 0 Å². The van der Waals surface area contributed by atoms with Crippen LogP contribution in [0.5, 0.6) is 0 Å². The van der Waals surface area contributed by atoms with Gasteiger partial charge >= 0.3 is 0 Å². The Morgan fingerprint density at radius 2 is 1.22 bits per heavy atom. The van der Waals surface area contributed by atoms with Crippen LogP contribution in [-0.2, 0) is 6.42 Å². The van der Waals surface area contributed by atoms with Crippen molar-refractivity contribution in [2.75, 3.05) is 0 Å². The highest BCUT2D eigenvalue weighted by Crippen LogP contribution is 2.22. The van der Waals surface area contributed by atoms with E-state index in [0.717, 1.165) is 6.42 Å². The smallest absolute Gasteiger partial charge is 0.0913 e. The molecule has 4 rings (SSSR count). The summed E-state index contributed by atoms with van der Waals surface area (Å²) in [6.07, 6.45) is 5.44. The van der Waals surface area contributed by atoms with Gasteiger partial charge in [-0.3, -0.25) is 0 Å². The van der Waals surface area contributed by atoms with Crippen molar-refractivity contribution in [2.24, 2.45) is 0 Å². The van der Waals surface area contributed by atoms with Gasteiger partial charge in [-0.05, 0) is 45.6 Å². The van der Waals surface area contributed by atoms with E-state index in [1.54, 1.807) is 15.6 Å². The van der Waals surface area contributed by atoms with Gasteiger partial charge in [0, 0.05) is 0 Å². The number of benzene rings is 3. The predicted octanol–water partition coefficient (Wildman–Crippen LogP) is 3.03. The van der Waals surface area contributed by atoms with Crippen molar-refractivity contribution < 1.29 is 0 Å². The summed E-state index contributed by atoms with van der Waals surface area (Å²) >= 11 is 0. The molecule has 1 aliphatic heterocycles. The van der Waals surface area contributed by atoms with Crippen LogP contribution in [0.2, 0.25) is 0 Å². The van der Waals surface area contributed by atoms with Crippen molar-refractivity contribution in [2.45, 2.75) is 13.3 Å². The van der Waals surface area contributed by atoms with Crippen molar-refractivity contribution in [3.8, 4) is 11.1 Å². The van der Waals surface area contributed by atoms with E-state index < -0.39 is 8.80 Å². The van der Waals surface area contributed by atoms with Crippen LogP contribution in [0.1, 0.15) is 12.5 Å². The Hall–Kier alpha value is -2.38. The van der Waals surface area contributed by atoms with E-state index in [1.807, 2.05) is 0 Å². The molecule has 0 amide bonds. The number of allylic oxidation sites excluding steroid dienone is 2. The maximum absolute atomic E-state index is 2.36. The van der Waals surface area contributed by atoms with Crippen molar-refractivity contribution >= 4 is 24.4 Å². The van der Waals surface area contributed by atoms with Crippen LogP contribution < -0.4 is 15.6 Å². The van der Waals surface area contributed by atoms with Gasteiger partial charge in [0.2, 0.25) is 0 Å². The van der Waals surface area contributed by atoms with Gasteiger partial charge in [0.1, 0.15) is 8.80 Å². The molecule has 0 unspecified atom stereocenters. The Morgan fingerprint density at radius 1 is 0.696 bits per heavy atom. The molecular formula is C22H20Si. The Labute approximate surface area is 139 Å². The van der Waals surface area contributed by atoms with Crippen molar-refractivity contribution in [3.05, 3.63) is 90.5 Å². The van der Waals surface area contributed by atoms with Crippen LogP contribution in [0.25, 0.3) is 11.1 Å². The molecule has 1 aliphatic rings. The Kier molecular flexibility index (Phi) is 3.72. The van der Waals surface area contributed by atoms with Crippen molar-refractivity contribution in [1.29, 1.82) is 0 Å². The molecule has 23 heavy (non-hydrogen) atoms. The summed E-state index contributed by atoms with van der Waals surface area (Å²) in [5.74, 6) is 0. The second-order valence-electron chi connectivity index (χ2n) is 6.08. The highest BCUT2D eigenvalue weighted by molar-refractivity contribution is 6.99. The quantitative estimate of drug-likeness (QED) is 0.403. The van der Waals surface area contributed by atoms with Crippen LogP contribution >= 0.6 is 0 Å². The number of hydrogen-bond acceptors (Lipinski definition) is 0. The van der Waals surface area contributed by atoms with Crippen molar-refractivity contribution in [3.63, 3.8) is 0 Å². The molecule has 0 radical (unpaired) electrons. The molecule has 112 valence electrons. The lowest BCUT2D eigenvalue weighted by Crippen LogP contribution is -2.50. The molecular weight excluding hydrogens is 292 g/mol. The first-order valence-corrected chi connectivity index (χ1v) is 10.0. The Morgan fingerprint density at radius 3 is 1.83 bits per heavy atom. The van der Waals surface area contributed by atoms with Crippen LogP contribution in [0.3, 0.4) is 0 Å². The fourth-order valence-electron chi connectivity index (χ4n) is 3.74. The van der Waals surface area contributed by atoms with Gasteiger partial charge in [0.05, 0.1) is 0 Å². The molecule has 0 spiro atoms. The molecule has 0 N–H and O–H groups in total. The fourth-order valence-corrected chi connectivity index (χ4v) is 7.36. The first kappa shape index (κ1) is 14.2. The average Bonchev–Trinajstić information content (AvgIpc) is 2.95. The molecule has 0 fully saturated rings. The third-order valence-electron chi connectivity index (χ3n) is 4.77. The molecule has 0 bridgehead atoms. The van der Waals surface area contributed by atoms with Crippen LogP contribution in [0, 0.1) is 0 Å². The summed E-state index contributed by atoms with van der Waals surface area (Å²) in [4.78, 5) is 0. The van der Waals surface area contributed by atoms with Gasteiger partial charge in [-0.15, -0.1) is 0 Å². The minimum Gasteiger partial charge on any atom is -0.0913 e. The largest absolute Gasteiger partial charge is 0.134 e. The second-order valence-corrected chi connectivity index (χ2v) is 8.81. The zero-order chi connectivity index (χ0) is 15.6. The maximum atomic E-state index is 2.36. The Bertz CT molecular complexity index is 831. The zero-order valence-corrected chi connectivity index (χ0v) is 14.5. The SMILES string of the molecule is C/C=C\Cc1ccccc1[SiH]1c2ccccc2-c2ccccc21. The van der Waals surface area contributed by atoms with E-state index in [1.165, 1.54) is 16.7 Å². The van der Waals surface area contributed by atoms with Gasteiger partial charge in [-0.1, -0.05) is 84.9 Å². The third-order valence-corrected chi connectivity index (χ3v) is 8.21. The van der Waals surface area contributed by atoms with Gasteiger partial charge < -0.3 is 0 Å². The molecule has 0 aromatic heterocycles. The summed E-state index contributed by atoms with van der Waals surface area (Å²) in [6.45, 7) is 2.10. The van der Waals surface area contributed by atoms with Gasteiger partial charge in [-0.2, -0.15) is 0 Å². The van der Waals surface area contributed by atoms with E-state index in [9.17, 15) is 0 Å². The third kappa shape index (κ3) is 2.38. The molecule has 3 aromatic carbocycles. The minimum absolute atomic E-state index is 1.03. The molecule has 0 saturated heterocycles. The van der Waals surface area contributed by atoms with Crippen molar-refractivity contribution in [1.82, 2.24) is 0 Å². The van der Waals surface area contributed by atoms with Crippen LogP contribution in [-0.4, -0.2) is 8.80 Å². The number of fused-ring (bicyclic) bond motifs is 3. The molecule has 0 aliphatic carbocycles. The molecule has 1 heteroatoms. The number of rotatable bonds is 3. The summed E-state index contributed by atoms with van der Waals surface area (Å²) in [5.41, 5.74) is 4.37. The van der Waals surface area contributed by atoms with E-state index in [0.29, 0.717) is 0 Å². The monoisotopic (exact) mass is 312 g/mol. The highest BCUT2D eigenvalue weighted by atomic mass is 28.3. The first-order chi connectivity index (χ1) is 11.4. The highest BCUT2D eigenvalue weighted by Gasteiger charge is 2.31. The first-order valence-electron chi connectivity index (χ1n) is 8.27. The van der Waals surface area contributed by atoms with E-state index >= 15 is 0 Å². The van der Waals surface area contributed by atoms with Crippen LogP contribution in [0.15, 0.2) is 84.9 Å².